The lowest BCUT2D eigenvalue weighted by Gasteiger charge is -2.27. The molecule has 1 fully saturated rings. The molecule has 1 aliphatic heterocycles. The summed E-state index contributed by atoms with van der Waals surface area (Å²) < 4.78 is 0. The SMILES string of the molecule is CCCN(Cc1nc(C)ccc1O)C1CCNC1.Cl. The lowest BCUT2D eigenvalue weighted by molar-refractivity contribution is 0.195. The van der Waals surface area contributed by atoms with Gasteiger partial charge in [-0.25, -0.2) is 0 Å². The molecule has 108 valence electrons. The van der Waals surface area contributed by atoms with Gasteiger partial charge >= 0.3 is 0 Å². The topological polar surface area (TPSA) is 48.4 Å². The summed E-state index contributed by atoms with van der Waals surface area (Å²) in [6.07, 6.45) is 2.32. The van der Waals surface area contributed by atoms with Gasteiger partial charge in [-0.2, -0.15) is 0 Å². The molecule has 2 heterocycles. The summed E-state index contributed by atoms with van der Waals surface area (Å²) >= 11 is 0. The zero-order chi connectivity index (χ0) is 13.0. The van der Waals surface area contributed by atoms with E-state index in [4.69, 9.17) is 0 Å². The van der Waals surface area contributed by atoms with Crippen molar-refractivity contribution in [3.8, 4) is 5.75 Å². The standard InChI is InChI=1S/C14H23N3O.ClH/c1-3-8-17(12-6-7-15-9-12)10-13-14(18)5-4-11(2)16-13;/h4-5,12,15,18H,3,6-10H2,1-2H3;1H. The number of aromatic hydroxyl groups is 1. The minimum atomic E-state index is 0. The van der Waals surface area contributed by atoms with E-state index in [1.165, 1.54) is 6.42 Å². The molecule has 2 rings (SSSR count). The Bertz CT molecular complexity index is 394. The summed E-state index contributed by atoms with van der Waals surface area (Å²) in [5, 5.41) is 13.3. The van der Waals surface area contributed by atoms with Gasteiger partial charge in [0.15, 0.2) is 0 Å². The molecule has 0 spiro atoms. The first kappa shape index (κ1) is 16.2. The lowest BCUT2D eigenvalue weighted by Crippen LogP contribution is -2.37. The van der Waals surface area contributed by atoms with E-state index in [1.807, 2.05) is 13.0 Å². The van der Waals surface area contributed by atoms with Crippen molar-refractivity contribution < 1.29 is 5.11 Å². The largest absolute Gasteiger partial charge is 0.506 e. The number of nitrogens with one attached hydrogen (secondary N) is 1. The van der Waals surface area contributed by atoms with Crippen molar-refractivity contribution in [2.45, 2.75) is 39.3 Å². The normalized spacial score (nSPS) is 18.6. The second kappa shape index (κ2) is 7.68. The summed E-state index contributed by atoms with van der Waals surface area (Å²) in [5.74, 6) is 0.313. The third-order valence-electron chi connectivity index (χ3n) is 3.50. The molecule has 4 nitrogen and oxygen atoms in total. The van der Waals surface area contributed by atoms with E-state index in [0.717, 1.165) is 44.0 Å². The Morgan fingerprint density at radius 1 is 1.47 bits per heavy atom. The molecule has 2 N–H and O–H groups in total. The molecular formula is C14H24ClN3O. The number of halogens is 1. The van der Waals surface area contributed by atoms with E-state index < -0.39 is 0 Å². The van der Waals surface area contributed by atoms with Crippen molar-refractivity contribution >= 4 is 12.4 Å². The first-order valence-corrected chi connectivity index (χ1v) is 6.81. The molecule has 1 unspecified atom stereocenters. The van der Waals surface area contributed by atoms with Crippen molar-refractivity contribution in [3.05, 3.63) is 23.5 Å². The molecule has 1 aromatic heterocycles. The first-order valence-electron chi connectivity index (χ1n) is 6.81. The quantitative estimate of drug-likeness (QED) is 0.870. The minimum Gasteiger partial charge on any atom is -0.506 e. The maximum absolute atomic E-state index is 9.89. The summed E-state index contributed by atoms with van der Waals surface area (Å²) in [5.41, 5.74) is 1.76. The van der Waals surface area contributed by atoms with Gasteiger partial charge in [0, 0.05) is 24.8 Å². The van der Waals surface area contributed by atoms with Crippen molar-refractivity contribution in [2.24, 2.45) is 0 Å². The molecule has 5 heteroatoms. The van der Waals surface area contributed by atoms with E-state index in [9.17, 15) is 5.11 Å². The smallest absolute Gasteiger partial charge is 0.138 e. The van der Waals surface area contributed by atoms with Crippen LogP contribution in [0.2, 0.25) is 0 Å². The highest BCUT2D eigenvalue weighted by molar-refractivity contribution is 5.85. The monoisotopic (exact) mass is 285 g/mol. The number of hydrogen-bond donors (Lipinski definition) is 2. The zero-order valence-electron chi connectivity index (χ0n) is 11.7. The van der Waals surface area contributed by atoms with Crippen LogP contribution in [-0.2, 0) is 6.54 Å². The molecule has 1 aliphatic rings. The number of pyridine rings is 1. The zero-order valence-corrected chi connectivity index (χ0v) is 12.5. The average molecular weight is 286 g/mol. The third-order valence-corrected chi connectivity index (χ3v) is 3.50. The Morgan fingerprint density at radius 2 is 2.26 bits per heavy atom. The molecular weight excluding hydrogens is 262 g/mol. The number of hydrogen-bond acceptors (Lipinski definition) is 4. The second-order valence-corrected chi connectivity index (χ2v) is 5.04. The molecule has 0 saturated carbocycles. The van der Waals surface area contributed by atoms with Crippen LogP contribution < -0.4 is 5.32 Å². The van der Waals surface area contributed by atoms with Crippen LogP contribution in [0.3, 0.4) is 0 Å². The van der Waals surface area contributed by atoms with E-state index in [0.29, 0.717) is 11.8 Å². The predicted molar refractivity (Wildman–Crippen MR) is 79.9 cm³/mol. The number of aryl methyl sites for hydroxylation is 1. The van der Waals surface area contributed by atoms with Crippen LogP contribution in [0.4, 0.5) is 0 Å². The van der Waals surface area contributed by atoms with Gasteiger partial charge in [-0.05, 0) is 45.0 Å². The third kappa shape index (κ3) is 4.34. The summed E-state index contributed by atoms with van der Waals surface area (Å²) in [6, 6.07) is 4.17. The highest BCUT2D eigenvalue weighted by atomic mass is 35.5. The Balaban J connectivity index is 0.00000180. The van der Waals surface area contributed by atoms with Crippen LogP contribution >= 0.6 is 12.4 Å². The van der Waals surface area contributed by atoms with E-state index in [2.05, 4.69) is 22.1 Å². The van der Waals surface area contributed by atoms with Gasteiger partial charge < -0.3 is 10.4 Å². The minimum absolute atomic E-state index is 0. The van der Waals surface area contributed by atoms with E-state index in [1.54, 1.807) is 6.07 Å². The summed E-state index contributed by atoms with van der Waals surface area (Å²) in [7, 11) is 0. The summed E-state index contributed by atoms with van der Waals surface area (Å²) in [6.45, 7) is 8.10. The highest BCUT2D eigenvalue weighted by Crippen LogP contribution is 2.19. The van der Waals surface area contributed by atoms with Gasteiger partial charge in [-0.3, -0.25) is 9.88 Å². The van der Waals surface area contributed by atoms with Crippen LogP contribution in [0.5, 0.6) is 5.75 Å². The van der Waals surface area contributed by atoms with Crippen LogP contribution in [0, 0.1) is 6.92 Å². The fourth-order valence-electron chi connectivity index (χ4n) is 2.54. The molecule has 1 saturated heterocycles. The Labute approximate surface area is 121 Å². The fraction of sp³-hybridized carbons (Fsp3) is 0.643. The van der Waals surface area contributed by atoms with E-state index >= 15 is 0 Å². The number of aromatic nitrogens is 1. The van der Waals surface area contributed by atoms with Crippen molar-refractivity contribution in [1.29, 1.82) is 0 Å². The Kier molecular flexibility index (Phi) is 6.55. The maximum atomic E-state index is 9.89. The Hall–Kier alpha value is -0.840. The van der Waals surface area contributed by atoms with Crippen LogP contribution in [0.15, 0.2) is 12.1 Å². The van der Waals surface area contributed by atoms with Gasteiger partial charge in [0.2, 0.25) is 0 Å². The molecule has 0 radical (unpaired) electrons. The lowest BCUT2D eigenvalue weighted by atomic mass is 10.2. The number of nitrogens with zero attached hydrogens (tertiary/aromatic N) is 2. The van der Waals surface area contributed by atoms with Crippen LogP contribution in [0.1, 0.15) is 31.2 Å². The molecule has 0 bridgehead atoms. The highest BCUT2D eigenvalue weighted by Gasteiger charge is 2.22. The molecule has 0 aromatic carbocycles. The fourth-order valence-corrected chi connectivity index (χ4v) is 2.54. The predicted octanol–water partition coefficient (Wildman–Crippen LogP) is 2.09. The van der Waals surface area contributed by atoms with Gasteiger partial charge in [-0.1, -0.05) is 6.92 Å². The van der Waals surface area contributed by atoms with Crippen molar-refractivity contribution in [3.63, 3.8) is 0 Å². The van der Waals surface area contributed by atoms with E-state index in [-0.39, 0.29) is 12.4 Å². The molecule has 1 atom stereocenters. The Morgan fingerprint density at radius 3 is 2.89 bits per heavy atom. The van der Waals surface area contributed by atoms with Crippen LogP contribution in [-0.4, -0.2) is 40.7 Å². The van der Waals surface area contributed by atoms with Gasteiger partial charge in [0.1, 0.15) is 5.75 Å². The first-order chi connectivity index (χ1) is 8.70. The van der Waals surface area contributed by atoms with Gasteiger partial charge in [-0.15, -0.1) is 12.4 Å². The number of rotatable bonds is 5. The van der Waals surface area contributed by atoms with Gasteiger partial charge in [0.25, 0.3) is 0 Å². The average Bonchev–Trinajstić information content (AvgIpc) is 2.87. The summed E-state index contributed by atoms with van der Waals surface area (Å²) in [4.78, 5) is 6.89. The van der Waals surface area contributed by atoms with Crippen LogP contribution in [0.25, 0.3) is 0 Å². The van der Waals surface area contributed by atoms with Crippen molar-refractivity contribution in [2.75, 3.05) is 19.6 Å². The maximum Gasteiger partial charge on any atom is 0.138 e. The van der Waals surface area contributed by atoms with Gasteiger partial charge in [0.05, 0.1) is 5.69 Å². The molecule has 1 aromatic rings. The molecule has 0 amide bonds. The van der Waals surface area contributed by atoms with Crippen molar-refractivity contribution in [1.82, 2.24) is 15.2 Å². The second-order valence-electron chi connectivity index (χ2n) is 5.04. The molecule has 0 aliphatic carbocycles. The molecule has 19 heavy (non-hydrogen) atoms.